The van der Waals surface area contributed by atoms with E-state index < -0.39 is 5.60 Å². The molecule has 1 aliphatic heterocycles. The van der Waals surface area contributed by atoms with E-state index in [9.17, 15) is 5.11 Å². The third kappa shape index (κ3) is 3.32. The quantitative estimate of drug-likeness (QED) is 0.910. The first-order valence-corrected chi connectivity index (χ1v) is 8.65. The average Bonchev–Trinajstić information content (AvgIpc) is 2.94. The molecule has 2 unspecified atom stereocenters. The van der Waals surface area contributed by atoms with E-state index in [-0.39, 0.29) is 0 Å². The summed E-state index contributed by atoms with van der Waals surface area (Å²) >= 11 is 0. The summed E-state index contributed by atoms with van der Waals surface area (Å²) < 4.78 is 0. The van der Waals surface area contributed by atoms with E-state index in [1.807, 2.05) is 6.07 Å². The van der Waals surface area contributed by atoms with Crippen molar-refractivity contribution in [2.45, 2.75) is 50.5 Å². The van der Waals surface area contributed by atoms with Gasteiger partial charge >= 0.3 is 0 Å². The number of benzene rings is 1. The smallest absolute Gasteiger partial charge is 0.0927 e. The second-order valence-corrected chi connectivity index (χ2v) is 7.25. The zero-order chi connectivity index (χ0) is 14.7. The molecular formula is C19H29NO. The fourth-order valence-corrected chi connectivity index (χ4v) is 4.46. The molecule has 0 spiro atoms. The Labute approximate surface area is 129 Å². The number of rotatable bonds is 4. The highest BCUT2D eigenvalue weighted by atomic mass is 16.3. The molecule has 0 amide bonds. The lowest BCUT2D eigenvalue weighted by atomic mass is 9.69. The molecule has 1 aliphatic carbocycles. The molecule has 21 heavy (non-hydrogen) atoms. The molecule has 2 nitrogen and oxygen atoms in total. The highest BCUT2D eigenvalue weighted by molar-refractivity contribution is 5.24. The van der Waals surface area contributed by atoms with Crippen LogP contribution in [0.25, 0.3) is 0 Å². The van der Waals surface area contributed by atoms with Crippen LogP contribution >= 0.6 is 0 Å². The average molecular weight is 287 g/mol. The maximum absolute atomic E-state index is 11.6. The lowest BCUT2D eigenvalue weighted by Crippen LogP contribution is -2.38. The Bertz CT molecular complexity index is 440. The number of nitrogens with zero attached hydrogens (tertiary/aromatic N) is 1. The molecule has 1 saturated heterocycles. The van der Waals surface area contributed by atoms with Gasteiger partial charge in [-0.3, -0.25) is 0 Å². The number of hydrogen-bond donors (Lipinski definition) is 1. The van der Waals surface area contributed by atoms with E-state index >= 15 is 0 Å². The highest BCUT2D eigenvalue weighted by Gasteiger charge is 2.41. The first kappa shape index (κ1) is 15.1. The maximum Gasteiger partial charge on any atom is 0.0927 e. The lowest BCUT2D eigenvalue weighted by Gasteiger charge is -2.40. The minimum absolute atomic E-state index is 0.444. The van der Waals surface area contributed by atoms with Gasteiger partial charge in [0, 0.05) is 6.54 Å². The summed E-state index contributed by atoms with van der Waals surface area (Å²) in [7, 11) is 2.20. The van der Waals surface area contributed by atoms with Crippen molar-refractivity contribution in [1.29, 1.82) is 0 Å². The fraction of sp³-hybridized carbons (Fsp3) is 0.684. The van der Waals surface area contributed by atoms with E-state index in [0.717, 1.165) is 18.5 Å². The van der Waals surface area contributed by atoms with Crippen LogP contribution in [0.4, 0.5) is 0 Å². The maximum atomic E-state index is 11.6. The van der Waals surface area contributed by atoms with Gasteiger partial charge in [-0.05, 0) is 56.7 Å². The summed E-state index contributed by atoms with van der Waals surface area (Å²) in [5.41, 5.74) is 0.531. The van der Waals surface area contributed by atoms with Gasteiger partial charge in [-0.25, -0.2) is 0 Å². The van der Waals surface area contributed by atoms with Crippen LogP contribution in [-0.2, 0) is 5.60 Å². The van der Waals surface area contributed by atoms with Crippen molar-refractivity contribution < 1.29 is 5.11 Å². The molecule has 2 fully saturated rings. The number of hydrogen-bond acceptors (Lipinski definition) is 2. The normalized spacial score (nSPS) is 27.6. The largest absolute Gasteiger partial charge is 0.385 e. The van der Waals surface area contributed by atoms with Crippen molar-refractivity contribution in [1.82, 2.24) is 4.90 Å². The minimum Gasteiger partial charge on any atom is -0.385 e. The Morgan fingerprint density at radius 2 is 1.81 bits per heavy atom. The van der Waals surface area contributed by atoms with Gasteiger partial charge in [0.1, 0.15) is 0 Å². The van der Waals surface area contributed by atoms with Gasteiger partial charge in [0.25, 0.3) is 0 Å². The molecule has 116 valence electrons. The van der Waals surface area contributed by atoms with Gasteiger partial charge in [0.2, 0.25) is 0 Å². The summed E-state index contributed by atoms with van der Waals surface area (Å²) in [5, 5.41) is 11.6. The molecule has 1 aromatic rings. The standard InChI is InChI=1S/C19H29NO/c1-20-13-12-16(15-20)14-19(21,17-8-4-2-5-9-17)18-10-6-3-7-11-18/h2,4-5,8-9,16,18,21H,3,6-7,10-15H2,1H3. The molecule has 1 heterocycles. The first-order valence-electron chi connectivity index (χ1n) is 8.65. The third-order valence-corrected chi connectivity index (χ3v) is 5.64. The van der Waals surface area contributed by atoms with E-state index in [2.05, 4.69) is 36.2 Å². The van der Waals surface area contributed by atoms with Crippen LogP contribution in [0.1, 0.15) is 50.5 Å². The van der Waals surface area contributed by atoms with Crippen molar-refractivity contribution in [3.05, 3.63) is 35.9 Å². The third-order valence-electron chi connectivity index (χ3n) is 5.64. The monoisotopic (exact) mass is 287 g/mol. The van der Waals surface area contributed by atoms with Crippen LogP contribution in [0.2, 0.25) is 0 Å². The summed E-state index contributed by atoms with van der Waals surface area (Å²) in [4.78, 5) is 2.40. The first-order chi connectivity index (χ1) is 10.2. The van der Waals surface area contributed by atoms with Gasteiger partial charge in [0.15, 0.2) is 0 Å². The molecule has 2 atom stereocenters. The molecule has 2 aliphatic rings. The number of aliphatic hydroxyl groups is 1. The van der Waals surface area contributed by atoms with Gasteiger partial charge in [-0.2, -0.15) is 0 Å². The van der Waals surface area contributed by atoms with E-state index in [0.29, 0.717) is 11.8 Å². The zero-order valence-corrected chi connectivity index (χ0v) is 13.3. The minimum atomic E-state index is -0.614. The lowest BCUT2D eigenvalue weighted by molar-refractivity contribution is -0.0572. The molecule has 0 aromatic heterocycles. The predicted octanol–water partition coefficient (Wildman–Crippen LogP) is 3.80. The molecule has 1 aromatic carbocycles. The molecule has 1 saturated carbocycles. The van der Waals surface area contributed by atoms with Crippen molar-refractivity contribution in [2.24, 2.45) is 11.8 Å². The second-order valence-electron chi connectivity index (χ2n) is 7.25. The summed E-state index contributed by atoms with van der Waals surface area (Å²) in [5.74, 6) is 1.08. The molecular weight excluding hydrogens is 258 g/mol. The van der Waals surface area contributed by atoms with Crippen LogP contribution in [-0.4, -0.2) is 30.1 Å². The Balaban J connectivity index is 1.83. The summed E-state index contributed by atoms with van der Waals surface area (Å²) in [6, 6.07) is 10.5. The Morgan fingerprint density at radius 3 is 2.43 bits per heavy atom. The Morgan fingerprint density at radius 1 is 1.10 bits per heavy atom. The molecule has 1 N–H and O–H groups in total. The van der Waals surface area contributed by atoms with Crippen LogP contribution in [0.15, 0.2) is 30.3 Å². The van der Waals surface area contributed by atoms with Gasteiger partial charge in [-0.15, -0.1) is 0 Å². The highest BCUT2D eigenvalue weighted by Crippen LogP contribution is 2.44. The topological polar surface area (TPSA) is 23.5 Å². The predicted molar refractivity (Wildman–Crippen MR) is 87.1 cm³/mol. The SMILES string of the molecule is CN1CCC(CC(O)(c2ccccc2)C2CCCCC2)C1. The molecule has 2 heteroatoms. The van der Waals surface area contributed by atoms with Gasteiger partial charge in [-0.1, -0.05) is 49.6 Å². The van der Waals surface area contributed by atoms with Crippen LogP contribution in [0, 0.1) is 11.8 Å². The Hall–Kier alpha value is -0.860. The number of likely N-dealkylation sites (tertiary alicyclic amines) is 1. The van der Waals surface area contributed by atoms with Crippen molar-refractivity contribution in [3.63, 3.8) is 0 Å². The molecule has 3 rings (SSSR count). The van der Waals surface area contributed by atoms with Crippen molar-refractivity contribution in [3.8, 4) is 0 Å². The fourth-order valence-electron chi connectivity index (χ4n) is 4.46. The second kappa shape index (κ2) is 6.50. The van der Waals surface area contributed by atoms with Gasteiger partial charge < -0.3 is 10.0 Å². The molecule has 0 radical (unpaired) electrons. The van der Waals surface area contributed by atoms with E-state index in [1.54, 1.807) is 0 Å². The van der Waals surface area contributed by atoms with Crippen LogP contribution in [0.5, 0.6) is 0 Å². The van der Waals surface area contributed by atoms with Crippen LogP contribution in [0.3, 0.4) is 0 Å². The van der Waals surface area contributed by atoms with Crippen LogP contribution < -0.4 is 0 Å². The van der Waals surface area contributed by atoms with Crippen molar-refractivity contribution >= 4 is 0 Å². The summed E-state index contributed by atoms with van der Waals surface area (Å²) in [6.07, 6.45) is 8.45. The van der Waals surface area contributed by atoms with E-state index in [4.69, 9.17) is 0 Å². The summed E-state index contributed by atoms with van der Waals surface area (Å²) in [6.45, 7) is 2.32. The van der Waals surface area contributed by atoms with Gasteiger partial charge in [0.05, 0.1) is 5.60 Å². The molecule has 0 bridgehead atoms. The van der Waals surface area contributed by atoms with Crippen molar-refractivity contribution in [2.75, 3.05) is 20.1 Å². The Kier molecular flexibility index (Phi) is 4.66. The van der Waals surface area contributed by atoms with E-state index in [1.165, 1.54) is 45.1 Å². The zero-order valence-electron chi connectivity index (χ0n) is 13.3.